The Bertz CT molecular complexity index is 1010. The Labute approximate surface area is 160 Å². The van der Waals surface area contributed by atoms with Crippen molar-refractivity contribution < 1.29 is 4.79 Å². The number of anilines is 1. The fraction of sp³-hybridized carbons (Fsp3) is 0.105. The van der Waals surface area contributed by atoms with Crippen molar-refractivity contribution >= 4 is 34.8 Å². The number of halogens is 2. The van der Waals surface area contributed by atoms with Gasteiger partial charge in [0.1, 0.15) is 5.69 Å². The van der Waals surface area contributed by atoms with Crippen molar-refractivity contribution in [1.29, 1.82) is 0 Å². The average Bonchev–Trinajstić information content (AvgIpc) is 2.62. The van der Waals surface area contributed by atoms with Crippen LogP contribution in [0.4, 0.5) is 5.69 Å². The van der Waals surface area contributed by atoms with Crippen LogP contribution in [0.5, 0.6) is 0 Å². The lowest BCUT2D eigenvalue weighted by Crippen LogP contribution is -2.26. The molecule has 132 valence electrons. The van der Waals surface area contributed by atoms with Crippen molar-refractivity contribution in [2.45, 2.75) is 13.5 Å². The van der Waals surface area contributed by atoms with Gasteiger partial charge in [-0.05, 0) is 42.8 Å². The first-order chi connectivity index (χ1) is 12.4. The predicted octanol–water partition coefficient (Wildman–Crippen LogP) is 4.16. The van der Waals surface area contributed by atoms with E-state index in [0.717, 1.165) is 11.1 Å². The molecule has 1 amide bonds. The van der Waals surface area contributed by atoms with E-state index in [1.807, 2.05) is 19.1 Å². The molecule has 0 aliphatic rings. The minimum atomic E-state index is -0.392. The largest absolute Gasteiger partial charge is 0.321 e. The Morgan fingerprint density at radius 1 is 1.04 bits per heavy atom. The van der Waals surface area contributed by atoms with Gasteiger partial charge < -0.3 is 5.32 Å². The van der Waals surface area contributed by atoms with Crippen LogP contribution in [0, 0.1) is 6.92 Å². The van der Waals surface area contributed by atoms with Crippen LogP contribution >= 0.6 is 23.2 Å². The second kappa shape index (κ2) is 7.72. The maximum atomic E-state index is 12.4. The molecule has 0 atom stereocenters. The third kappa shape index (κ3) is 4.31. The first-order valence-electron chi connectivity index (χ1n) is 7.82. The molecule has 0 saturated heterocycles. The molecule has 0 unspecified atom stereocenters. The van der Waals surface area contributed by atoms with E-state index in [2.05, 4.69) is 10.4 Å². The minimum absolute atomic E-state index is 0.144. The quantitative estimate of drug-likeness (QED) is 0.730. The smallest absolute Gasteiger partial charge is 0.276 e. The molecule has 3 rings (SSSR count). The highest BCUT2D eigenvalue weighted by molar-refractivity contribution is 6.42. The van der Waals surface area contributed by atoms with Gasteiger partial charge in [-0.25, -0.2) is 4.68 Å². The second-order valence-electron chi connectivity index (χ2n) is 5.78. The number of rotatable bonds is 4. The van der Waals surface area contributed by atoms with E-state index in [-0.39, 0.29) is 17.8 Å². The van der Waals surface area contributed by atoms with Crippen molar-refractivity contribution in [1.82, 2.24) is 9.78 Å². The number of benzene rings is 2. The number of hydrogen-bond acceptors (Lipinski definition) is 3. The second-order valence-corrected chi connectivity index (χ2v) is 6.60. The Morgan fingerprint density at radius 2 is 1.77 bits per heavy atom. The Morgan fingerprint density at radius 3 is 2.46 bits per heavy atom. The van der Waals surface area contributed by atoms with Gasteiger partial charge in [0.2, 0.25) is 0 Å². The molecule has 0 fully saturated rings. The monoisotopic (exact) mass is 387 g/mol. The summed E-state index contributed by atoms with van der Waals surface area (Å²) in [4.78, 5) is 24.4. The molecule has 7 heteroatoms. The van der Waals surface area contributed by atoms with Crippen LogP contribution in [-0.4, -0.2) is 15.7 Å². The van der Waals surface area contributed by atoms with Crippen LogP contribution in [0.2, 0.25) is 10.0 Å². The summed E-state index contributed by atoms with van der Waals surface area (Å²) in [5, 5.41) is 7.73. The highest BCUT2D eigenvalue weighted by Crippen LogP contribution is 2.22. The molecular formula is C19H15Cl2N3O2. The van der Waals surface area contributed by atoms with Crippen LogP contribution in [0.3, 0.4) is 0 Å². The lowest BCUT2D eigenvalue weighted by Gasteiger charge is -2.09. The summed E-state index contributed by atoms with van der Waals surface area (Å²) < 4.78 is 1.21. The Balaban J connectivity index is 1.82. The van der Waals surface area contributed by atoms with Gasteiger partial charge in [-0.3, -0.25) is 9.59 Å². The summed E-state index contributed by atoms with van der Waals surface area (Å²) in [5.41, 5.74) is 2.33. The van der Waals surface area contributed by atoms with E-state index < -0.39 is 5.91 Å². The van der Waals surface area contributed by atoms with Crippen molar-refractivity contribution in [2.24, 2.45) is 0 Å². The number of aromatic nitrogens is 2. The first-order valence-corrected chi connectivity index (χ1v) is 8.58. The molecule has 0 radical (unpaired) electrons. The molecule has 1 aromatic heterocycles. The summed E-state index contributed by atoms with van der Waals surface area (Å²) in [6.07, 6.45) is 0. The van der Waals surface area contributed by atoms with Crippen LogP contribution in [-0.2, 0) is 6.54 Å². The predicted molar refractivity (Wildman–Crippen MR) is 103 cm³/mol. The number of nitrogens with zero attached hydrogens (tertiary/aromatic N) is 2. The molecule has 0 spiro atoms. The van der Waals surface area contributed by atoms with Crippen LogP contribution in [0.15, 0.2) is 59.4 Å². The number of carbonyl (C=O) groups is 1. The molecular weight excluding hydrogens is 373 g/mol. The average molecular weight is 388 g/mol. The number of amides is 1. The van der Waals surface area contributed by atoms with Gasteiger partial charge in [0.05, 0.1) is 16.6 Å². The van der Waals surface area contributed by atoms with Crippen molar-refractivity contribution in [3.05, 3.63) is 91.8 Å². The minimum Gasteiger partial charge on any atom is -0.321 e. The third-order valence-corrected chi connectivity index (χ3v) is 4.46. The van der Waals surface area contributed by atoms with Gasteiger partial charge >= 0.3 is 0 Å². The fourth-order valence-electron chi connectivity index (χ4n) is 2.33. The molecule has 0 saturated carbocycles. The van der Waals surface area contributed by atoms with Crippen LogP contribution in [0.25, 0.3) is 0 Å². The van der Waals surface area contributed by atoms with E-state index in [9.17, 15) is 9.59 Å². The standard InChI is InChI=1S/C19H15Cl2N3O2/c1-12-2-5-14(6-3-12)22-19(26)17-8-9-18(25)24(23-17)11-13-4-7-15(20)16(21)10-13/h2-10H,11H2,1H3,(H,22,26). The summed E-state index contributed by atoms with van der Waals surface area (Å²) >= 11 is 11.9. The lowest BCUT2D eigenvalue weighted by atomic mass is 10.2. The van der Waals surface area contributed by atoms with Crippen LogP contribution in [0.1, 0.15) is 21.6 Å². The van der Waals surface area contributed by atoms with Gasteiger partial charge in [-0.2, -0.15) is 5.10 Å². The maximum absolute atomic E-state index is 12.4. The van der Waals surface area contributed by atoms with Gasteiger partial charge in [0.25, 0.3) is 11.5 Å². The molecule has 0 aliphatic heterocycles. The van der Waals surface area contributed by atoms with Crippen LogP contribution < -0.4 is 10.9 Å². The van der Waals surface area contributed by atoms with Crippen molar-refractivity contribution in [3.8, 4) is 0 Å². The molecule has 1 heterocycles. The number of carbonyl (C=O) groups excluding carboxylic acids is 1. The van der Waals surface area contributed by atoms with Gasteiger partial charge in [0.15, 0.2) is 0 Å². The molecule has 5 nitrogen and oxygen atoms in total. The zero-order chi connectivity index (χ0) is 18.7. The summed E-state index contributed by atoms with van der Waals surface area (Å²) in [5.74, 6) is -0.392. The van der Waals surface area contributed by atoms with E-state index in [0.29, 0.717) is 15.7 Å². The number of aryl methyl sites for hydroxylation is 1. The summed E-state index contributed by atoms with van der Waals surface area (Å²) in [7, 11) is 0. The van der Waals surface area contributed by atoms with E-state index >= 15 is 0 Å². The topological polar surface area (TPSA) is 64.0 Å². The lowest BCUT2D eigenvalue weighted by molar-refractivity contribution is 0.102. The molecule has 26 heavy (non-hydrogen) atoms. The van der Waals surface area contributed by atoms with E-state index in [1.165, 1.54) is 16.8 Å². The SMILES string of the molecule is Cc1ccc(NC(=O)c2ccc(=O)n(Cc3ccc(Cl)c(Cl)c3)n2)cc1. The molecule has 3 aromatic rings. The third-order valence-electron chi connectivity index (χ3n) is 3.73. The Kier molecular flexibility index (Phi) is 5.40. The normalized spacial score (nSPS) is 10.6. The Hall–Kier alpha value is -2.63. The molecule has 2 aromatic carbocycles. The van der Waals surface area contributed by atoms with Gasteiger partial charge in [-0.1, -0.05) is 47.0 Å². The fourth-order valence-corrected chi connectivity index (χ4v) is 2.65. The van der Waals surface area contributed by atoms with Gasteiger partial charge in [0, 0.05) is 11.8 Å². The van der Waals surface area contributed by atoms with Gasteiger partial charge in [-0.15, -0.1) is 0 Å². The van der Waals surface area contributed by atoms with Crippen molar-refractivity contribution in [2.75, 3.05) is 5.32 Å². The molecule has 0 bridgehead atoms. The van der Waals surface area contributed by atoms with E-state index in [1.54, 1.807) is 30.3 Å². The van der Waals surface area contributed by atoms with Crippen molar-refractivity contribution in [3.63, 3.8) is 0 Å². The highest BCUT2D eigenvalue weighted by Gasteiger charge is 2.11. The first kappa shape index (κ1) is 18.2. The maximum Gasteiger partial charge on any atom is 0.276 e. The van der Waals surface area contributed by atoms with E-state index in [4.69, 9.17) is 23.2 Å². The zero-order valence-corrected chi connectivity index (χ0v) is 15.4. The number of hydrogen-bond donors (Lipinski definition) is 1. The molecule has 1 N–H and O–H groups in total. The zero-order valence-electron chi connectivity index (χ0n) is 13.9. The summed E-state index contributed by atoms with van der Waals surface area (Å²) in [6.45, 7) is 2.15. The number of nitrogens with one attached hydrogen (secondary N) is 1. The molecule has 0 aliphatic carbocycles. The highest BCUT2D eigenvalue weighted by atomic mass is 35.5. The summed E-state index contributed by atoms with van der Waals surface area (Å²) in [6, 6.07) is 15.2.